The summed E-state index contributed by atoms with van der Waals surface area (Å²) in [5, 5.41) is 17.8. The predicted molar refractivity (Wildman–Crippen MR) is 51.8 cm³/mol. The summed E-state index contributed by atoms with van der Waals surface area (Å²) in [6.07, 6.45) is -1.56. The fourth-order valence-electron chi connectivity index (χ4n) is 1.28. The molecule has 1 aromatic carbocycles. The maximum atomic E-state index is 10.5. The van der Waals surface area contributed by atoms with Crippen LogP contribution in [0.3, 0.4) is 0 Å². The van der Waals surface area contributed by atoms with Gasteiger partial charge in [0.1, 0.15) is 0 Å². The van der Waals surface area contributed by atoms with Crippen molar-refractivity contribution < 1.29 is 15.0 Å². The summed E-state index contributed by atoms with van der Waals surface area (Å²) in [6, 6.07) is 6.25. The number of carboxylic acid groups (broad SMARTS) is 1. The smallest absolute Gasteiger partial charge is 0.334 e. The molecule has 1 aromatic rings. The van der Waals surface area contributed by atoms with E-state index >= 15 is 0 Å². The van der Waals surface area contributed by atoms with E-state index in [1.165, 1.54) is 0 Å². The number of nitrogens with two attached hydrogens (primary N) is 1. The Morgan fingerprint density at radius 1 is 1.43 bits per heavy atom. The summed E-state index contributed by atoms with van der Waals surface area (Å²) in [5.41, 5.74) is 7.14. The third-order valence-electron chi connectivity index (χ3n) is 2.14. The van der Waals surface area contributed by atoms with Crippen LogP contribution >= 0.6 is 0 Å². The zero-order valence-corrected chi connectivity index (χ0v) is 7.84. The largest absolute Gasteiger partial charge is 0.479 e. The van der Waals surface area contributed by atoms with Crippen LogP contribution < -0.4 is 5.73 Å². The molecule has 0 aliphatic heterocycles. The highest BCUT2D eigenvalue weighted by Gasteiger charge is 2.24. The van der Waals surface area contributed by atoms with E-state index in [4.69, 9.17) is 10.8 Å². The number of aliphatic carboxylic acids is 1. The molecule has 0 aliphatic rings. The second-order valence-corrected chi connectivity index (χ2v) is 3.17. The topological polar surface area (TPSA) is 83.5 Å². The molecule has 2 atom stereocenters. The molecule has 0 spiro atoms. The molecule has 0 radical (unpaired) electrons. The second-order valence-electron chi connectivity index (χ2n) is 3.17. The maximum Gasteiger partial charge on any atom is 0.334 e. The molecule has 0 amide bonds. The van der Waals surface area contributed by atoms with Gasteiger partial charge in [0.05, 0.1) is 6.04 Å². The molecule has 0 aromatic heterocycles. The van der Waals surface area contributed by atoms with E-state index in [-0.39, 0.29) is 0 Å². The van der Waals surface area contributed by atoms with Gasteiger partial charge in [-0.2, -0.15) is 0 Å². The van der Waals surface area contributed by atoms with Gasteiger partial charge in [-0.1, -0.05) is 24.3 Å². The average molecular weight is 195 g/mol. The Hall–Kier alpha value is -1.39. The normalized spacial score (nSPS) is 14.8. The Kier molecular flexibility index (Phi) is 3.22. The monoisotopic (exact) mass is 195 g/mol. The van der Waals surface area contributed by atoms with E-state index in [9.17, 15) is 9.90 Å². The number of rotatable bonds is 3. The Bertz CT molecular complexity index is 338. The Morgan fingerprint density at radius 3 is 2.50 bits per heavy atom. The van der Waals surface area contributed by atoms with Crippen LogP contribution in [0.1, 0.15) is 17.2 Å². The van der Waals surface area contributed by atoms with Crippen LogP contribution in [0.25, 0.3) is 0 Å². The number of aryl methyl sites for hydroxylation is 1. The van der Waals surface area contributed by atoms with Crippen molar-refractivity contribution in [1.82, 2.24) is 0 Å². The first-order chi connectivity index (χ1) is 6.54. The van der Waals surface area contributed by atoms with Gasteiger partial charge in [0.2, 0.25) is 0 Å². The molecular weight excluding hydrogens is 182 g/mol. The van der Waals surface area contributed by atoms with E-state index in [0.29, 0.717) is 5.56 Å². The fourth-order valence-corrected chi connectivity index (χ4v) is 1.28. The van der Waals surface area contributed by atoms with Gasteiger partial charge in [-0.15, -0.1) is 0 Å². The Labute approximate surface area is 82.0 Å². The van der Waals surface area contributed by atoms with Gasteiger partial charge in [0.25, 0.3) is 0 Å². The summed E-state index contributed by atoms with van der Waals surface area (Å²) >= 11 is 0. The minimum atomic E-state index is -1.56. The zero-order chi connectivity index (χ0) is 10.7. The molecule has 4 nitrogen and oxygen atoms in total. The molecule has 1 rings (SSSR count). The number of carboxylic acids is 1. The Morgan fingerprint density at radius 2 is 2.00 bits per heavy atom. The number of aliphatic hydroxyl groups excluding tert-OH is 1. The van der Waals surface area contributed by atoms with E-state index in [1.54, 1.807) is 12.1 Å². The van der Waals surface area contributed by atoms with Crippen LogP contribution in [0.5, 0.6) is 0 Å². The molecule has 0 saturated carbocycles. The van der Waals surface area contributed by atoms with Crippen molar-refractivity contribution in [2.24, 2.45) is 5.73 Å². The quantitative estimate of drug-likeness (QED) is 0.653. The molecule has 0 unspecified atom stereocenters. The summed E-state index contributed by atoms with van der Waals surface area (Å²) in [7, 11) is 0. The van der Waals surface area contributed by atoms with E-state index in [0.717, 1.165) is 5.56 Å². The van der Waals surface area contributed by atoms with Crippen molar-refractivity contribution in [2.75, 3.05) is 0 Å². The van der Waals surface area contributed by atoms with Gasteiger partial charge in [-0.05, 0) is 18.1 Å². The van der Waals surface area contributed by atoms with Crippen LogP contribution in [0.4, 0.5) is 0 Å². The van der Waals surface area contributed by atoms with Crippen molar-refractivity contribution in [2.45, 2.75) is 19.1 Å². The number of carbonyl (C=O) groups is 1. The summed E-state index contributed by atoms with van der Waals surface area (Å²) < 4.78 is 0. The van der Waals surface area contributed by atoms with Crippen LogP contribution in [-0.2, 0) is 4.79 Å². The standard InChI is InChI=1S/C10H13NO3/c1-6-4-2-3-5-7(6)8(11)9(12)10(13)14/h2-5,8-9,12H,11H2,1H3,(H,13,14)/t8-,9+/m1/s1. The lowest BCUT2D eigenvalue weighted by Gasteiger charge is -2.17. The maximum absolute atomic E-state index is 10.5. The summed E-state index contributed by atoms with van der Waals surface area (Å²) in [4.78, 5) is 10.5. The van der Waals surface area contributed by atoms with Gasteiger partial charge < -0.3 is 15.9 Å². The van der Waals surface area contributed by atoms with Crippen LogP contribution in [0, 0.1) is 6.92 Å². The van der Waals surface area contributed by atoms with Gasteiger partial charge in [0.15, 0.2) is 6.10 Å². The van der Waals surface area contributed by atoms with Gasteiger partial charge >= 0.3 is 5.97 Å². The number of benzene rings is 1. The average Bonchev–Trinajstić information content (AvgIpc) is 2.16. The highest BCUT2D eigenvalue weighted by Crippen LogP contribution is 2.18. The lowest BCUT2D eigenvalue weighted by atomic mass is 9.98. The second kappa shape index (κ2) is 4.21. The highest BCUT2D eigenvalue weighted by molar-refractivity contribution is 5.73. The lowest BCUT2D eigenvalue weighted by Crippen LogP contribution is -2.33. The Balaban J connectivity index is 2.94. The molecule has 0 saturated heterocycles. The minimum Gasteiger partial charge on any atom is -0.479 e. The van der Waals surface area contributed by atoms with Crippen molar-refractivity contribution in [3.63, 3.8) is 0 Å². The third kappa shape index (κ3) is 2.10. The zero-order valence-electron chi connectivity index (χ0n) is 7.84. The van der Waals surface area contributed by atoms with Crippen molar-refractivity contribution in [3.8, 4) is 0 Å². The molecule has 76 valence electrons. The number of hydrogen-bond acceptors (Lipinski definition) is 3. The lowest BCUT2D eigenvalue weighted by molar-refractivity contribution is -0.147. The highest BCUT2D eigenvalue weighted by atomic mass is 16.4. The van der Waals surface area contributed by atoms with E-state index in [1.807, 2.05) is 19.1 Å². The van der Waals surface area contributed by atoms with Crippen LogP contribution in [0.15, 0.2) is 24.3 Å². The SMILES string of the molecule is Cc1ccccc1[C@@H](N)[C@H](O)C(=O)O. The van der Waals surface area contributed by atoms with Crippen molar-refractivity contribution in [3.05, 3.63) is 35.4 Å². The fraction of sp³-hybridized carbons (Fsp3) is 0.300. The van der Waals surface area contributed by atoms with E-state index < -0.39 is 18.1 Å². The molecule has 14 heavy (non-hydrogen) atoms. The number of hydrogen-bond donors (Lipinski definition) is 3. The molecule has 0 heterocycles. The predicted octanol–water partition coefficient (Wildman–Crippen LogP) is 0.440. The minimum absolute atomic E-state index is 0.655. The van der Waals surface area contributed by atoms with Gasteiger partial charge in [-0.3, -0.25) is 0 Å². The molecular formula is C10H13NO3. The van der Waals surface area contributed by atoms with Crippen LogP contribution in [0.2, 0.25) is 0 Å². The molecule has 0 aliphatic carbocycles. The first kappa shape index (κ1) is 10.7. The molecule has 0 bridgehead atoms. The molecule has 4 heteroatoms. The molecule has 0 fully saturated rings. The summed E-state index contributed by atoms with van der Waals surface area (Å²) in [6.45, 7) is 1.82. The first-order valence-corrected chi connectivity index (χ1v) is 4.26. The van der Waals surface area contributed by atoms with Crippen LogP contribution in [-0.4, -0.2) is 22.3 Å². The summed E-state index contributed by atoms with van der Waals surface area (Å²) in [5.74, 6) is -1.30. The first-order valence-electron chi connectivity index (χ1n) is 4.26. The van der Waals surface area contributed by atoms with E-state index in [2.05, 4.69) is 0 Å². The van der Waals surface area contributed by atoms with Gasteiger partial charge in [0, 0.05) is 0 Å². The number of aliphatic hydroxyl groups is 1. The third-order valence-corrected chi connectivity index (χ3v) is 2.14. The van der Waals surface area contributed by atoms with Gasteiger partial charge in [-0.25, -0.2) is 4.79 Å². The van der Waals surface area contributed by atoms with Crippen molar-refractivity contribution >= 4 is 5.97 Å². The molecule has 4 N–H and O–H groups in total. The van der Waals surface area contributed by atoms with Crippen molar-refractivity contribution in [1.29, 1.82) is 0 Å².